The third-order valence-corrected chi connectivity index (χ3v) is 10.2. The largest absolute Gasteiger partial charge is 0.376 e. The van der Waals surface area contributed by atoms with Gasteiger partial charge in [0.05, 0.1) is 35.7 Å². The summed E-state index contributed by atoms with van der Waals surface area (Å²) in [4.78, 5) is 10.0. The average molecular weight is 504 g/mol. The highest BCUT2D eigenvalue weighted by molar-refractivity contribution is 5.89. The van der Waals surface area contributed by atoms with Gasteiger partial charge in [0.15, 0.2) is 5.65 Å². The lowest BCUT2D eigenvalue weighted by Gasteiger charge is -2.59. The van der Waals surface area contributed by atoms with Crippen molar-refractivity contribution in [2.45, 2.75) is 90.4 Å². The van der Waals surface area contributed by atoms with Crippen LogP contribution < -0.4 is 4.90 Å². The summed E-state index contributed by atoms with van der Waals surface area (Å²) in [5, 5.41) is 10.8. The molecule has 198 valence electrons. The standard InChI is InChI=1S/C29H41N7O/c1-20-15-26(23-16-30-33(4)27(23)31-20)34-12-5-25-24(18-34)22(3)32-36(25)19-28-6-9-29(10-7-28,11-8-28)35-13-14-37-21(2)17-35/h15-16,21H,5-14,17-19H2,1-4H3. The maximum Gasteiger partial charge on any atom is 0.159 e. The lowest BCUT2D eigenvalue weighted by atomic mass is 9.56. The predicted molar refractivity (Wildman–Crippen MR) is 145 cm³/mol. The number of morpholine rings is 1. The molecule has 2 bridgehead atoms. The number of hydrogen-bond acceptors (Lipinski definition) is 6. The monoisotopic (exact) mass is 503 g/mol. The Balaban J connectivity index is 1.10. The highest BCUT2D eigenvalue weighted by atomic mass is 16.5. The lowest BCUT2D eigenvalue weighted by Crippen LogP contribution is -2.61. The quantitative estimate of drug-likeness (QED) is 0.533. The maximum atomic E-state index is 5.85. The van der Waals surface area contributed by atoms with Gasteiger partial charge in [-0.1, -0.05) is 0 Å². The van der Waals surface area contributed by atoms with E-state index in [0.717, 1.165) is 62.5 Å². The van der Waals surface area contributed by atoms with E-state index in [-0.39, 0.29) is 0 Å². The van der Waals surface area contributed by atoms with Gasteiger partial charge in [-0.3, -0.25) is 14.3 Å². The summed E-state index contributed by atoms with van der Waals surface area (Å²) >= 11 is 0. The van der Waals surface area contributed by atoms with Gasteiger partial charge < -0.3 is 9.64 Å². The van der Waals surface area contributed by atoms with Gasteiger partial charge in [-0.25, -0.2) is 4.98 Å². The first kappa shape index (κ1) is 23.7. The Morgan fingerprint density at radius 2 is 1.86 bits per heavy atom. The molecular weight excluding hydrogens is 462 g/mol. The summed E-state index contributed by atoms with van der Waals surface area (Å²) in [6.45, 7) is 12.7. The van der Waals surface area contributed by atoms with Gasteiger partial charge in [0.25, 0.3) is 0 Å². The van der Waals surface area contributed by atoms with Crippen molar-refractivity contribution in [2.24, 2.45) is 12.5 Å². The fraction of sp³-hybridized carbons (Fsp3) is 0.690. The molecule has 5 heterocycles. The third-order valence-electron chi connectivity index (χ3n) is 10.2. The van der Waals surface area contributed by atoms with E-state index < -0.39 is 0 Å². The van der Waals surface area contributed by atoms with E-state index >= 15 is 0 Å². The molecule has 0 radical (unpaired) electrons. The Morgan fingerprint density at radius 1 is 1.08 bits per heavy atom. The summed E-state index contributed by atoms with van der Waals surface area (Å²) in [7, 11) is 1.97. The highest BCUT2D eigenvalue weighted by Crippen LogP contribution is 2.55. The van der Waals surface area contributed by atoms with Crippen LogP contribution in [0.3, 0.4) is 0 Å². The van der Waals surface area contributed by atoms with Crippen LogP contribution in [0.1, 0.15) is 68.1 Å². The van der Waals surface area contributed by atoms with Gasteiger partial charge in [-0.05, 0) is 70.8 Å². The molecule has 0 amide bonds. The number of fused-ring (bicyclic) bond motifs is 5. The van der Waals surface area contributed by atoms with Crippen molar-refractivity contribution in [3.8, 4) is 0 Å². The molecule has 5 aliphatic rings. The second-order valence-corrected chi connectivity index (χ2v) is 12.5. The number of anilines is 1. The minimum atomic E-state index is 0.375. The zero-order valence-electron chi connectivity index (χ0n) is 23.0. The molecule has 3 aromatic heterocycles. The topological polar surface area (TPSA) is 64.2 Å². The SMILES string of the molecule is Cc1cc(N2CCc3c(c(C)nn3CC34CCC(N5CCOC(C)C5)(CC3)CC4)C2)c2cnn(C)c2n1. The molecule has 8 heteroatoms. The van der Waals surface area contributed by atoms with Crippen molar-refractivity contribution in [2.75, 3.05) is 31.1 Å². The second-order valence-electron chi connectivity index (χ2n) is 12.5. The van der Waals surface area contributed by atoms with Crippen LogP contribution in [0.25, 0.3) is 11.0 Å². The smallest absolute Gasteiger partial charge is 0.159 e. The zero-order valence-corrected chi connectivity index (χ0v) is 23.0. The molecule has 0 N–H and O–H groups in total. The molecule has 8 rings (SSSR count). The van der Waals surface area contributed by atoms with Gasteiger partial charge >= 0.3 is 0 Å². The summed E-state index contributed by atoms with van der Waals surface area (Å²) in [6.07, 6.45) is 11.4. The molecule has 8 nitrogen and oxygen atoms in total. The lowest BCUT2D eigenvalue weighted by molar-refractivity contribution is -0.115. The first-order chi connectivity index (χ1) is 17.8. The second kappa shape index (κ2) is 8.53. The van der Waals surface area contributed by atoms with Crippen molar-refractivity contribution in [3.05, 3.63) is 34.9 Å². The Morgan fingerprint density at radius 3 is 2.62 bits per heavy atom. The van der Waals surface area contributed by atoms with Crippen LogP contribution in [0.5, 0.6) is 0 Å². The predicted octanol–water partition coefficient (Wildman–Crippen LogP) is 4.16. The molecule has 0 spiro atoms. The fourth-order valence-electron chi connectivity index (χ4n) is 8.00. The summed E-state index contributed by atoms with van der Waals surface area (Å²) < 4.78 is 10.2. The Labute approximate surface area is 220 Å². The number of pyridine rings is 1. The van der Waals surface area contributed by atoms with Crippen molar-refractivity contribution in [1.82, 2.24) is 29.4 Å². The van der Waals surface area contributed by atoms with Crippen LogP contribution in [-0.4, -0.2) is 67.3 Å². The fourth-order valence-corrected chi connectivity index (χ4v) is 8.00. The van der Waals surface area contributed by atoms with Crippen molar-refractivity contribution in [1.29, 1.82) is 0 Å². The van der Waals surface area contributed by atoms with Crippen LogP contribution >= 0.6 is 0 Å². The number of rotatable bonds is 4. The molecule has 1 atom stereocenters. The van der Waals surface area contributed by atoms with Crippen LogP contribution in [0, 0.1) is 19.3 Å². The van der Waals surface area contributed by atoms with Gasteiger partial charge in [-0.15, -0.1) is 0 Å². The average Bonchev–Trinajstić information content (AvgIpc) is 3.43. The normalized spacial score (nSPS) is 30.3. The van der Waals surface area contributed by atoms with Gasteiger partial charge in [0.1, 0.15) is 0 Å². The van der Waals surface area contributed by atoms with Crippen molar-refractivity contribution in [3.63, 3.8) is 0 Å². The number of nitrogens with zero attached hydrogens (tertiary/aromatic N) is 7. The molecule has 1 saturated heterocycles. The number of aromatic nitrogens is 5. The Bertz CT molecular complexity index is 1320. The van der Waals surface area contributed by atoms with Crippen LogP contribution in [0.2, 0.25) is 0 Å². The summed E-state index contributed by atoms with van der Waals surface area (Å²) in [5.41, 5.74) is 8.21. The molecule has 37 heavy (non-hydrogen) atoms. The van der Waals surface area contributed by atoms with E-state index in [9.17, 15) is 0 Å². The minimum Gasteiger partial charge on any atom is -0.376 e. The summed E-state index contributed by atoms with van der Waals surface area (Å²) in [5.74, 6) is 0. The molecule has 1 unspecified atom stereocenters. The van der Waals surface area contributed by atoms with E-state index in [2.05, 4.69) is 46.4 Å². The van der Waals surface area contributed by atoms with E-state index in [1.807, 2.05) is 17.9 Å². The van der Waals surface area contributed by atoms with Crippen LogP contribution in [0.15, 0.2) is 12.3 Å². The van der Waals surface area contributed by atoms with Gasteiger partial charge in [-0.2, -0.15) is 10.2 Å². The Hall–Kier alpha value is -2.45. The first-order valence-electron chi connectivity index (χ1n) is 14.3. The maximum absolute atomic E-state index is 5.85. The van der Waals surface area contributed by atoms with Crippen molar-refractivity contribution < 1.29 is 4.74 Å². The van der Waals surface area contributed by atoms with Crippen molar-refractivity contribution >= 4 is 16.7 Å². The third kappa shape index (κ3) is 3.82. The molecule has 2 aliphatic heterocycles. The Kier molecular flexibility index (Phi) is 5.45. The minimum absolute atomic E-state index is 0.375. The van der Waals surface area contributed by atoms with E-state index in [1.54, 1.807) is 0 Å². The van der Waals surface area contributed by atoms with E-state index in [4.69, 9.17) is 14.8 Å². The van der Waals surface area contributed by atoms with Crippen LogP contribution in [0.4, 0.5) is 5.69 Å². The number of aryl methyl sites for hydroxylation is 3. The number of ether oxygens (including phenoxy) is 1. The van der Waals surface area contributed by atoms with Crippen LogP contribution in [-0.2, 0) is 31.3 Å². The molecule has 3 aromatic rings. The zero-order chi connectivity index (χ0) is 25.4. The summed E-state index contributed by atoms with van der Waals surface area (Å²) in [6, 6.07) is 2.22. The van der Waals surface area contributed by atoms with E-state index in [1.165, 1.54) is 61.2 Å². The molecule has 3 saturated carbocycles. The van der Waals surface area contributed by atoms with E-state index in [0.29, 0.717) is 17.1 Å². The molecule has 4 fully saturated rings. The first-order valence-corrected chi connectivity index (χ1v) is 14.3. The number of hydrogen-bond donors (Lipinski definition) is 0. The highest BCUT2D eigenvalue weighted by Gasteiger charge is 2.52. The molecular formula is C29H41N7O. The molecule has 3 aliphatic carbocycles. The van der Waals surface area contributed by atoms with Gasteiger partial charge in [0.2, 0.25) is 0 Å². The van der Waals surface area contributed by atoms with Gasteiger partial charge in [0, 0.05) is 68.7 Å². The molecule has 0 aromatic carbocycles.